The van der Waals surface area contributed by atoms with E-state index in [9.17, 15) is 5.11 Å². The van der Waals surface area contributed by atoms with Gasteiger partial charge < -0.3 is 51.7 Å². The van der Waals surface area contributed by atoms with E-state index in [1.807, 2.05) is 14.0 Å². The molecule has 1 saturated carbocycles. The summed E-state index contributed by atoms with van der Waals surface area (Å²) in [7, 11) is -0.205. The van der Waals surface area contributed by atoms with Gasteiger partial charge in [-0.25, -0.2) is 11.2 Å². The Labute approximate surface area is 483 Å². The van der Waals surface area contributed by atoms with Crippen molar-refractivity contribution in [2.24, 2.45) is 46.3 Å². The van der Waals surface area contributed by atoms with E-state index in [0.29, 0.717) is 36.8 Å². The SMILES string of the molecule is C=P(C)(O[C@@H]1C(C(C)(C)C(C)(C)P(=C)(C)C)O[C@@H](C)[C@@H]1C)OC(C)(C)C1C[C@@H](C)[C@H](C)[C@@H]1OC.CO[C@@H]1C(C(C)(C)O)O[C@@H](C)[C@@H]1C.[C-]#[N+]CCOP(O[C@@H]1C(C(C)(C)C(C)(C)P(=C)(C)C)O[C@@H](C)[C@@H]1C)N(C(C)C)C(C)C. The Morgan fingerprint density at radius 1 is 0.615 bits per heavy atom. The fraction of sp³-hybridized carbons (Fsp3) is 0.935. The summed E-state index contributed by atoms with van der Waals surface area (Å²) >= 11 is 0. The molecule has 1 aliphatic carbocycles. The number of methoxy groups -OCH3 is 2. The van der Waals surface area contributed by atoms with Crippen molar-refractivity contribution >= 4 is 48.5 Å². The zero-order valence-electron chi connectivity index (χ0n) is 55.9. The Kier molecular flexibility index (Phi) is 26.6. The smallest absolute Gasteiger partial charge is 0.259 e. The zero-order chi connectivity index (χ0) is 61.2. The summed E-state index contributed by atoms with van der Waals surface area (Å²) in [4.78, 5) is 3.46. The molecule has 0 aromatic rings. The first-order chi connectivity index (χ1) is 35.0. The number of ether oxygens (including phenoxy) is 5. The molecule has 1 N–H and O–H groups in total. The minimum Gasteiger partial charge on any atom is -0.388 e. The van der Waals surface area contributed by atoms with Crippen molar-refractivity contribution in [3.8, 4) is 0 Å². The Morgan fingerprint density at radius 3 is 1.36 bits per heavy atom. The van der Waals surface area contributed by atoms with Crippen molar-refractivity contribution in [3.05, 3.63) is 11.4 Å². The van der Waals surface area contributed by atoms with Crippen LogP contribution in [0.15, 0.2) is 0 Å². The second-order valence-corrected chi connectivity index (χ2v) is 42.2. The molecule has 4 aliphatic rings. The molecule has 3 heterocycles. The van der Waals surface area contributed by atoms with Crippen molar-refractivity contribution < 1.29 is 46.9 Å². The second kappa shape index (κ2) is 27.8. The third kappa shape index (κ3) is 16.9. The molecular formula is C62H124N2O10P4. The van der Waals surface area contributed by atoms with Crippen LogP contribution in [0.5, 0.6) is 0 Å². The Bertz CT molecular complexity index is 2060. The highest BCUT2D eigenvalue weighted by molar-refractivity contribution is 7.74. The molecule has 3 saturated heterocycles. The highest BCUT2D eigenvalue weighted by Crippen LogP contribution is 2.65. The van der Waals surface area contributed by atoms with Crippen LogP contribution in [0.2, 0.25) is 0 Å². The molecule has 3 aliphatic heterocycles. The largest absolute Gasteiger partial charge is 0.388 e. The first-order valence-electron chi connectivity index (χ1n) is 29.4. The lowest BCUT2D eigenvalue weighted by atomic mass is 9.72. The van der Waals surface area contributed by atoms with Gasteiger partial charge in [0.1, 0.15) is 20.1 Å². The molecule has 0 bridgehead atoms. The van der Waals surface area contributed by atoms with Crippen LogP contribution in [0.4, 0.5) is 0 Å². The monoisotopic (exact) mass is 1180 g/mol. The Hall–Kier alpha value is 0.380. The lowest BCUT2D eigenvalue weighted by Gasteiger charge is -2.52. The van der Waals surface area contributed by atoms with Crippen LogP contribution in [0.1, 0.15) is 173 Å². The maximum atomic E-state index is 9.85. The molecule has 16 heteroatoms. The summed E-state index contributed by atoms with van der Waals surface area (Å²) < 4.78 is 59.4. The maximum Gasteiger partial charge on any atom is 0.259 e. The van der Waals surface area contributed by atoms with E-state index in [-0.39, 0.29) is 112 Å². The highest BCUT2D eigenvalue weighted by atomic mass is 31.2. The molecule has 78 heavy (non-hydrogen) atoms. The summed E-state index contributed by atoms with van der Waals surface area (Å²) in [6, 6.07) is 0.559. The minimum atomic E-state index is -2.40. The van der Waals surface area contributed by atoms with E-state index >= 15 is 0 Å². The predicted molar refractivity (Wildman–Crippen MR) is 344 cm³/mol. The summed E-state index contributed by atoms with van der Waals surface area (Å²) in [6.45, 7) is 69.2. The van der Waals surface area contributed by atoms with Crippen molar-refractivity contribution in [2.75, 3.05) is 60.7 Å². The molecule has 0 radical (unpaired) electrons. The topological polar surface area (TPSA) is 111 Å². The van der Waals surface area contributed by atoms with Crippen LogP contribution in [-0.2, 0) is 41.8 Å². The average molecular weight is 1180 g/mol. The van der Waals surface area contributed by atoms with Gasteiger partial charge >= 0.3 is 0 Å². The van der Waals surface area contributed by atoms with Gasteiger partial charge in [0.25, 0.3) is 8.53 Å². The van der Waals surface area contributed by atoms with E-state index in [1.165, 1.54) is 0 Å². The number of hydrogen-bond acceptors (Lipinski definition) is 11. The first-order valence-corrected chi connectivity index (χ1v) is 38.5. The molecule has 462 valence electrons. The van der Waals surface area contributed by atoms with Crippen LogP contribution in [-0.4, -0.2) is 184 Å². The minimum absolute atomic E-state index is 0.00463. The number of nitrogens with zero attached hydrogens (tertiary/aromatic N) is 2. The molecule has 4 rings (SSSR count). The van der Waals surface area contributed by atoms with Gasteiger partial charge in [-0.1, -0.05) is 96.3 Å². The molecule has 12 nitrogen and oxygen atoms in total. The van der Waals surface area contributed by atoms with Crippen LogP contribution in [0.3, 0.4) is 0 Å². The van der Waals surface area contributed by atoms with Gasteiger partial charge in [-0.15, -0.1) is 26.4 Å². The molecule has 0 spiro atoms. The summed E-state index contributed by atoms with van der Waals surface area (Å²) in [5.41, 5.74) is -1.47. The fourth-order valence-corrected chi connectivity index (χ4v) is 19.5. The number of aliphatic hydroxyl groups is 1. The van der Waals surface area contributed by atoms with E-state index in [0.717, 1.165) is 6.42 Å². The average Bonchev–Trinajstić information content (AvgIpc) is 3.95. The number of rotatable bonds is 22. The fourth-order valence-electron chi connectivity index (χ4n) is 12.3. The van der Waals surface area contributed by atoms with Gasteiger partial charge in [-0.3, -0.25) is 0 Å². The zero-order valence-corrected chi connectivity index (χ0v) is 59.5. The van der Waals surface area contributed by atoms with Gasteiger partial charge in [0.05, 0.1) is 66.1 Å². The van der Waals surface area contributed by atoms with Gasteiger partial charge in [-0.2, -0.15) is 0 Å². The molecule has 0 amide bonds. The number of hydrogen-bond donors (Lipinski definition) is 1. The molecule has 0 aromatic carbocycles. The summed E-state index contributed by atoms with van der Waals surface area (Å²) in [5.74, 6) is 2.28. The predicted octanol–water partition coefficient (Wildman–Crippen LogP) is 15.1. The van der Waals surface area contributed by atoms with E-state index in [1.54, 1.807) is 21.0 Å². The van der Waals surface area contributed by atoms with Crippen molar-refractivity contribution in [3.63, 3.8) is 0 Å². The van der Waals surface area contributed by atoms with E-state index in [4.69, 9.17) is 48.4 Å². The van der Waals surface area contributed by atoms with E-state index in [2.05, 4.69) is 207 Å². The van der Waals surface area contributed by atoms with Crippen molar-refractivity contribution in [2.45, 2.75) is 267 Å². The van der Waals surface area contributed by atoms with Crippen molar-refractivity contribution in [1.82, 2.24) is 4.67 Å². The molecule has 4 fully saturated rings. The van der Waals surface area contributed by atoms with Crippen LogP contribution in [0, 0.1) is 52.9 Å². The van der Waals surface area contributed by atoms with Gasteiger partial charge in [0, 0.05) is 67.5 Å². The summed E-state index contributed by atoms with van der Waals surface area (Å²) in [6.07, 6.45) is 14.9. The Morgan fingerprint density at radius 2 is 1.00 bits per heavy atom. The standard InChI is InChI=1S/C28H56O4P2.C24H48N2O3P2.C10H20O3/c1-18-17-22(23(29-11)19(18)2)27(7,8)32-34(15,16)31-24-20(3)21(4)30-25(24)26(5,6)28(9,10)33(12,13)14;1-17(2)26(18(3)4)30(27-16-15-25-11)29-21-19(5)20(6)28-22(21)23(7,8)24(9,10)31(12,13)14;1-6-7(2)13-9(8(6)12-5)10(3,4)11/h18-25H,12,15,17H2,1-11,13-14,16H3;17-22H,12,15-16H2,1-10,13-14H3;6-9,11H,1-5H3/t18-,19+,20+,21+,22?,23+,24+,25?,34?;19-,20-,21-,22?,30?;6-,7-,8-,9?/m100/s1. The Balaban J connectivity index is 0.000000436. The maximum absolute atomic E-state index is 9.85. The van der Waals surface area contributed by atoms with Gasteiger partial charge in [0.15, 0.2) is 0 Å². The molecule has 18 atom stereocenters. The lowest BCUT2D eigenvalue weighted by Crippen LogP contribution is -2.52. The highest BCUT2D eigenvalue weighted by Gasteiger charge is 2.58. The molecule has 6 unspecified atom stereocenters. The van der Waals surface area contributed by atoms with Crippen LogP contribution >= 0.6 is 29.6 Å². The van der Waals surface area contributed by atoms with Crippen LogP contribution < -0.4 is 0 Å². The quantitative estimate of drug-likeness (QED) is 0.0635. The van der Waals surface area contributed by atoms with Gasteiger partial charge in [0.2, 0.25) is 6.54 Å². The third-order valence-corrected chi connectivity index (χ3v) is 31.4. The second-order valence-electron chi connectivity index (χ2n) is 29.4. The molecule has 0 aromatic heterocycles. The van der Waals surface area contributed by atoms with Crippen LogP contribution in [0.25, 0.3) is 4.85 Å². The van der Waals surface area contributed by atoms with E-state index < -0.39 is 35.2 Å². The first kappa shape index (κ1) is 74.5. The van der Waals surface area contributed by atoms with Gasteiger partial charge in [-0.05, 0) is 131 Å². The lowest BCUT2D eigenvalue weighted by molar-refractivity contribution is -0.114. The summed E-state index contributed by atoms with van der Waals surface area (Å²) in [5, 5.41) is 9.88. The molecular weight excluding hydrogens is 1060 g/mol. The normalized spacial score (nSPS) is 33.9. The van der Waals surface area contributed by atoms with Crippen molar-refractivity contribution in [1.29, 1.82) is 0 Å². The third-order valence-electron chi connectivity index (χ3n) is 20.6.